The highest BCUT2D eigenvalue weighted by atomic mass is 32.1. The largest absolute Gasteiger partial charge is 0.493 e. The topological polar surface area (TPSA) is 73.9 Å². The van der Waals surface area contributed by atoms with Crippen LogP contribution >= 0.6 is 11.3 Å². The quantitative estimate of drug-likeness (QED) is 0.397. The van der Waals surface area contributed by atoms with E-state index in [1.807, 2.05) is 60.8 Å². The number of thiophene rings is 1. The molecule has 1 aliphatic heterocycles. The van der Waals surface area contributed by atoms with Crippen molar-refractivity contribution >= 4 is 23.1 Å². The van der Waals surface area contributed by atoms with Crippen molar-refractivity contribution in [2.75, 3.05) is 14.2 Å². The molecule has 0 saturated carbocycles. The molecule has 2 heterocycles. The number of carbonyl (C=O) groups excluding carboxylic acids is 2. The summed E-state index contributed by atoms with van der Waals surface area (Å²) in [5.41, 5.74) is 4.29. The van der Waals surface area contributed by atoms with Gasteiger partial charge in [0.25, 0.3) is 0 Å². The predicted octanol–water partition coefficient (Wildman–Crippen LogP) is 5.87. The Labute approximate surface area is 220 Å². The zero-order chi connectivity index (χ0) is 25.9. The molecule has 0 unspecified atom stereocenters. The van der Waals surface area contributed by atoms with E-state index in [0.717, 1.165) is 16.8 Å². The van der Waals surface area contributed by atoms with Gasteiger partial charge in [0.05, 0.1) is 19.8 Å². The molecule has 7 heteroatoms. The fourth-order valence-corrected chi connectivity index (χ4v) is 6.03. The smallest absolute Gasteiger partial charge is 0.337 e. The lowest BCUT2D eigenvalue weighted by molar-refractivity contribution is -0.140. The second-order valence-electron chi connectivity index (χ2n) is 9.21. The van der Waals surface area contributed by atoms with E-state index in [1.165, 1.54) is 4.88 Å². The zero-order valence-corrected chi connectivity index (χ0v) is 21.9. The van der Waals surface area contributed by atoms with Gasteiger partial charge in [-0.3, -0.25) is 4.79 Å². The highest BCUT2D eigenvalue weighted by Gasteiger charge is 2.41. The SMILES string of the molecule is COc1ccc([C@H]2C(C(=O)OCc3ccccc3)=C(C)NC3=C2C(=O)C[C@H](c2cccs2)C3)cc1OC. The van der Waals surface area contributed by atoms with Gasteiger partial charge in [0, 0.05) is 40.1 Å². The van der Waals surface area contributed by atoms with Crippen LogP contribution in [0.1, 0.15) is 47.6 Å². The van der Waals surface area contributed by atoms with Gasteiger partial charge in [-0.15, -0.1) is 11.3 Å². The van der Waals surface area contributed by atoms with Gasteiger partial charge < -0.3 is 19.5 Å². The second-order valence-corrected chi connectivity index (χ2v) is 10.2. The first-order valence-electron chi connectivity index (χ1n) is 12.2. The van der Waals surface area contributed by atoms with E-state index in [0.29, 0.717) is 41.2 Å². The number of hydrogen-bond donors (Lipinski definition) is 1. The van der Waals surface area contributed by atoms with Crippen molar-refractivity contribution in [3.8, 4) is 11.5 Å². The summed E-state index contributed by atoms with van der Waals surface area (Å²) in [5, 5.41) is 5.45. The standard InChI is InChI=1S/C30H29NO5S/c1-18-27(30(33)36-17-19-8-5-4-6-9-19)28(20-11-12-24(34-2)25(16-20)35-3)29-22(31-18)14-21(15-23(29)32)26-10-7-13-37-26/h4-13,16,21,28,31H,14-15,17H2,1-3H3/t21-,28+/m1/s1. The van der Waals surface area contributed by atoms with Gasteiger partial charge in [0.15, 0.2) is 17.3 Å². The van der Waals surface area contributed by atoms with Crippen LogP contribution in [0.3, 0.4) is 0 Å². The Bertz CT molecular complexity index is 1370. The molecule has 1 N–H and O–H groups in total. The maximum Gasteiger partial charge on any atom is 0.337 e. The number of benzene rings is 2. The van der Waals surface area contributed by atoms with Gasteiger partial charge in [-0.05, 0) is 48.1 Å². The van der Waals surface area contributed by atoms with Crippen LogP contribution in [0.4, 0.5) is 0 Å². The molecule has 0 bridgehead atoms. The number of carbonyl (C=O) groups is 2. The Morgan fingerprint density at radius 3 is 2.49 bits per heavy atom. The number of rotatable bonds is 7. The summed E-state index contributed by atoms with van der Waals surface area (Å²) in [6.07, 6.45) is 1.10. The average Bonchev–Trinajstić information content (AvgIpc) is 3.46. The molecule has 0 fully saturated rings. The Morgan fingerprint density at radius 1 is 1.00 bits per heavy atom. The molecule has 0 amide bonds. The highest BCUT2D eigenvalue weighted by Crippen LogP contribution is 2.47. The summed E-state index contributed by atoms with van der Waals surface area (Å²) in [7, 11) is 3.15. The number of allylic oxidation sites excluding steroid dienone is 3. The summed E-state index contributed by atoms with van der Waals surface area (Å²) in [5.74, 6) is 0.243. The third kappa shape index (κ3) is 4.91. The van der Waals surface area contributed by atoms with Crippen molar-refractivity contribution in [1.82, 2.24) is 5.32 Å². The number of methoxy groups -OCH3 is 2. The lowest BCUT2D eigenvalue weighted by Crippen LogP contribution is -2.36. The first-order valence-corrected chi connectivity index (χ1v) is 13.1. The van der Waals surface area contributed by atoms with Gasteiger partial charge in [-0.1, -0.05) is 42.5 Å². The molecule has 6 nitrogen and oxygen atoms in total. The van der Waals surface area contributed by atoms with Gasteiger partial charge in [0.2, 0.25) is 0 Å². The van der Waals surface area contributed by atoms with Crippen molar-refractivity contribution in [2.24, 2.45) is 0 Å². The molecular formula is C30H29NO5S. The third-order valence-corrected chi connectivity index (χ3v) is 7.98. The number of ketones is 1. The van der Waals surface area contributed by atoms with Crippen molar-refractivity contribution < 1.29 is 23.8 Å². The maximum absolute atomic E-state index is 13.7. The van der Waals surface area contributed by atoms with Crippen LogP contribution in [0, 0.1) is 0 Å². The molecule has 2 aromatic carbocycles. The Balaban J connectivity index is 1.55. The van der Waals surface area contributed by atoms with Gasteiger partial charge >= 0.3 is 5.97 Å². The molecule has 2 aliphatic rings. The van der Waals surface area contributed by atoms with Crippen LogP contribution in [-0.2, 0) is 20.9 Å². The molecule has 0 radical (unpaired) electrons. The summed E-state index contributed by atoms with van der Waals surface area (Å²) >= 11 is 1.67. The summed E-state index contributed by atoms with van der Waals surface area (Å²) < 4.78 is 16.7. The fourth-order valence-electron chi connectivity index (χ4n) is 5.20. The lowest BCUT2D eigenvalue weighted by Gasteiger charge is -2.36. The average molecular weight is 516 g/mol. The highest BCUT2D eigenvalue weighted by molar-refractivity contribution is 7.10. The summed E-state index contributed by atoms with van der Waals surface area (Å²) in [4.78, 5) is 28.5. The number of hydrogen-bond acceptors (Lipinski definition) is 7. The minimum absolute atomic E-state index is 0.0350. The Hall–Kier alpha value is -3.84. The van der Waals surface area contributed by atoms with Crippen LogP contribution in [0.2, 0.25) is 0 Å². The molecule has 1 aliphatic carbocycles. The van der Waals surface area contributed by atoms with Gasteiger partial charge in [-0.2, -0.15) is 0 Å². The monoisotopic (exact) mass is 515 g/mol. The van der Waals surface area contributed by atoms with Crippen molar-refractivity contribution in [3.05, 3.63) is 105 Å². The fraction of sp³-hybridized carbons (Fsp3) is 0.267. The first-order chi connectivity index (χ1) is 18.0. The minimum Gasteiger partial charge on any atom is -0.493 e. The molecule has 0 spiro atoms. The Morgan fingerprint density at radius 2 is 1.78 bits per heavy atom. The molecule has 2 atom stereocenters. The number of esters is 1. The number of ether oxygens (including phenoxy) is 3. The van der Waals surface area contributed by atoms with Gasteiger partial charge in [0.1, 0.15) is 6.61 Å². The second kappa shape index (κ2) is 10.6. The van der Waals surface area contributed by atoms with E-state index < -0.39 is 11.9 Å². The summed E-state index contributed by atoms with van der Waals surface area (Å²) in [6, 6.07) is 19.2. The molecule has 190 valence electrons. The molecule has 1 aromatic heterocycles. The molecule has 0 saturated heterocycles. The van der Waals surface area contributed by atoms with E-state index in [4.69, 9.17) is 14.2 Å². The van der Waals surface area contributed by atoms with E-state index in [-0.39, 0.29) is 18.3 Å². The molecule has 37 heavy (non-hydrogen) atoms. The number of Topliss-reactive ketones (excluding diaryl/α,β-unsaturated/α-hetero) is 1. The third-order valence-electron chi connectivity index (χ3n) is 6.95. The normalized spacial score (nSPS) is 19.3. The first kappa shape index (κ1) is 24.8. The predicted molar refractivity (Wildman–Crippen MR) is 143 cm³/mol. The maximum atomic E-state index is 13.7. The van der Waals surface area contributed by atoms with E-state index in [9.17, 15) is 9.59 Å². The van der Waals surface area contributed by atoms with Gasteiger partial charge in [-0.25, -0.2) is 4.79 Å². The van der Waals surface area contributed by atoms with Crippen LogP contribution in [0.25, 0.3) is 0 Å². The van der Waals surface area contributed by atoms with Crippen LogP contribution in [0.15, 0.2) is 88.6 Å². The molecule has 3 aromatic rings. The molecular weight excluding hydrogens is 486 g/mol. The summed E-state index contributed by atoms with van der Waals surface area (Å²) in [6.45, 7) is 2.02. The number of dihydropyridines is 1. The van der Waals surface area contributed by atoms with Crippen molar-refractivity contribution in [2.45, 2.75) is 38.2 Å². The molecule has 5 rings (SSSR count). The lowest BCUT2D eigenvalue weighted by atomic mass is 9.72. The van der Waals surface area contributed by atoms with Crippen molar-refractivity contribution in [3.63, 3.8) is 0 Å². The van der Waals surface area contributed by atoms with E-state index >= 15 is 0 Å². The zero-order valence-electron chi connectivity index (χ0n) is 21.1. The Kier molecular flexibility index (Phi) is 7.15. The van der Waals surface area contributed by atoms with Crippen LogP contribution in [0.5, 0.6) is 11.5 Å². The van der Waals surface area contributed by atoms with Crippen LogP contribution in [-0.4, -0.2) is 26.0 Å². The number of nitrogens with one attached hydrogen (secondary N) is 1. The minimum atomic E-state index is -0.573. The van der Waals surface area contributed by atoms with Crippen molar-refractivity contribution in [1.29, 1.82) is 0 Å². The van der Waals surface area contributed by atoms with E-state index in [1.54, 1.807) is 31.6 Å². The van der Waals surface area contributed by atoms with Crippen LogP contribution < -0.4 is 14.8 Å². The van der Waals surface area contributed by atoms with E-state index in [2.05, 4.69) is 11.4 Å².